The molecule has 0 amide bonds. The number of nitrogens with zero attached hydrogens (tertiary/aromatic N) is 1. The molecule has 0 radical (unpaired) electrons. The lowest BCUT2D eigenvalue weighted by atomic mass is 9.88. The minimum Gasteiger partial charge on any atom is -0.448 e. The van der Waals surface area contributed by atoms with E-state index in [2.05, 4.69) is 17.1 Å². The van der Waals surface area contributed by atoms with Crippen molar-refractivity contribution in [1.29, 1.82) is 0 Å². The molecule has 2 aliphatic rings. The molecule has 0 aromatic carbocycles. The highest BCUT2D eigenvalue weighted by Gasteiger charge is 2.44. The van der Waals surface area contributed by atoms with Crippen LogP contribution in [0.1, 0.15) is 18.1 Å². The largest absolute Gasteiger partial charge is 0.448 e. The average Bonchev–Trinajstić information content (AvgIpc) is 2.76. The van der Waals surface area contributed by atoms with Gasteiger partial charge in [-0.2, -0.15) is 0 Å². The summed E-state index contributed by atoms with van der Waals surface area (Å²) in [5.74, 6) is 2.44. The number of nitrogens with two attached hydrogens (primary N) is 1. The Morgan fingerprint density at radius 3 is 2.85 bits per heavy atom. The van der Waals surface area contributed by atoms with Crippen LogP contribution in [0.25, 0.3) is 0 Å². The molecule has 13 heavy (non-hydrogen) atoms. The van der Waals surface area contributed by atoms with Crippen molar-refractivity contribution in [2.24, 2.45) is 17.6 Å². The van der Waals surface area contributed by atoms with Gasteiger partial charge in [0.2, 0.25) is 0 Å². The molecule has 3 heteroatoms. The van der Waals surface area contributed by atoms with Crippen molar-refractivity contribution in [2.45, 2.75) is 18.4 Å². The van der Waals surface area contributed by atoms with Crippen molar-refractivity contribution in [3.8, 4) is 0 Å². The number of oxazole rings is 1. The molecule has 3 rings (SSSR count). The summed E-state index contributed by atoms with van der Waals surface area (Å²) in [6.07, 6.45) is 8.97. The summed E-state index contributed by atoms with van der Waals surface area (Å²) in [6.45, 7) is 0. The Kier molecular flexibility index (Phi) is 1.38. The number of fused-ring (bicyclic) bond motifs is 2. The van der Waals surface area contributed by atoms with Crippen LogP contribution in [0.3, 0.4) is 0 Å². The zero-order valence-corrected chi connectivity index (χ0v) is 7.26. The summed E-state index contributed by atoms with van der Waals surface area (Å²) < 4.78 is 5.32. The van der Waals surface area contributed by atoms with Crippen LogP contribution in [0.5, 0.6) is 0 Å². The zero-order chi connectivity index (χ0) is 8.84. The summed E-state index contributed by atoms with van der Waals surface area (Å²) in [5, 5.41) is 0. The third-order valence-corrected chi connectivity index (χ3v) is 3.30. The van der Waals surface area contributed by atoms with Gasteiger partial charge in [0.25, 0.3) is 0 Å². The van der Waals surface area contributed by atoms with Crippen LogP contribution < -0.4 is 5.73 Å². The number of allylic oxidation sites excluding steroid dienone is 1. The van der Waals surface area contributed by atoms with E-state index < -0.39 is 0 Å². The van der Waals surface area contributed by atoms with Crippen LogP contribution in [0, 0.1) is 11.8 Å². The molecular weight excluding hydrogens is 164 g/mol. The number of aromatic nitrogens is 1. The van der Waals surface area contributed by atoms with E-state index in [0.29, 0.717) is 17.8 Å². The van der Waals surface area contributed by atoms with Crippen LogP contribution in [-0.2, 0) is 0 Å². The Morgan fingerprint density at radius 1 is 1.38 bits per heavy atom. The average molecular weight is 176 g/mol. The normalized spacial score (nSPS) is 41.6. The van der Waals surface area contributed by atoms with Gasteiger partial charge in [-0.3, -0.25) is 0 Å². The Balaban J connectivity index is 1.98. The van der Waals surface area contributed by atoms with E-state index in [4.69, 9.17) is 10.2 Å². The quantitative estimate of drug-likeness (QED) is 0.656. The lowest BCUT2D eigenvalue weighted by molar-refractivity contribution is 0.398. The van der Waals surface area contributed by atoms with Crippen LogP contribution >= 0.6 is 0 Å². The van der Waals surface area contributed by atoms with Crippen molar-refractivity contribution >= 4 is 0 Å². The predicted octanol–water partition coefficient (Wildman–Crippen LogP) is 1.29. The molecule has 1 saturated carbocycles. The fourth-order valence-electron chi connectivity index (χ4n) is 2.65. The Labute approximate surface area is 76.6 Å². The first kappa shape index (κ1) is 7.33. The van der Waals surface area contributed by atoms with Gasteiger partial charge in [-0.05, 0) is 18.3 Å². The minimum absolute atomic E-state index is 0.225. The van der Waals surface area contributed by atoms with Crippen molar-refractivity contribution < 1.29 is 4.42 Å². The molecule has 0 saturated heterocycles. The van der Waals surface area contributed by atoms with E-state index in [-0.39, 0.29) is 6.04 Å². The topological polar surface area (TPSA) is 52.0 Å². The molecule has 4 unspecified atom stereocenters. The predicted molar refractivity (Wildman–Crippen MR) is 48.0 cm³/mol. The molecule has 2 aliphatic carbocycles. The molecule has 1 aromatic heterocycles. The van der Waals surface area contributed by atoms with Crippen molar-refractivity contribution in [2.75, 3.05) is 0 Å². The maximum absolute atomic E-state index is 6.12. The first-order chi connectivity index (χ1) is 6.36. The van der Waals surface area contributed by atoms with Crippen LogP contribution in [-0.4, -0.2) is 11.0 Å². The first-order valence-corrected chi connectivity index (χ1v) is 4.68. The summed E-state index contributed by atoms with van der Waals surface area (Å²) in [7, 11) is 0. The molecule has 2 bridgehead atoms. The van der Waals surface area contributed by atoms with E-state index in [1.54, 1.807) is 6.20 Å². The van der Waals surface area contributed by atoms with E-state index in [1.807, 2.05) is 0 Å². The van der Waals surface area contributed by atoms with Gasteiger partial charge in [0.1, 0.15) is 5.76 Å². The highest BCUT2D eigenvalue weighted by molar-refractivity contribution is 5.24. The number of hydrogen-bond acceptors (Lipinski definition) is 3. The van der Waals surface area contributed by atoms with Crippen LogP contribution in [0.4, 0.5) is 0 Å². The fourth-order valence-corrected chi connectivity index (χ4v) is 2.65. The first-order valence-electron chi connectivity index (χ1n) is 4.68. The maximum Gasteiger partial charge on any atom is 0.180 e. The smallest absolute Gasteiger partial charge is 0.180 e. The zero-order valence-electron chi connectivity index (χ0n) is 7.26. The van der Waals surface area contributed by atoms with E-state index in [9.17, 15) is 0 Å². The summed E-state index contributed by atoms with van der Waals surface area (Å²) >= 11 is 0. The second-order valence-electron chi connectivity index (χ2n) is 3.96. The van der Waals surface area contributed by atoms with Gasteiger partial charge in [0.15, 0.2) is 6.39 Å². The van der Waals surface area contributed by atoms with E-state index in [0.717, 1.165) is 5.76 Å². The monoisotopic (exact) mass is 176 g/mol. The van der Waals surface area contributed by atoms with Gasteiger partial charge >= 0.3 is 0 Å². The molecule has 1 aromatic rings. The van der Waals surface area contributed by atoms with Crippen molar-refractivity contribution in [3.63, 3.8) is 0 Å². The summed E-state index contributed by atoms with van der Waals surface area (Å²) in [4.78, 5) is 3.94. The second kappa shape index (κ2) is 2.45. The van der Waals surface area contributed by atoms with Gasteiger partial charge in [0, 0.05) is 12.0 Å². The molecule has 1 heterocycles. The standard InChI is InChI=1S/C10H12N2O/c11-10-7-2-1-6(3-7)9(10)8-4-12-5-13-8/h1-2,4-7,9-10H,3,11H2. The van der Waals surface area contributed by atoms with Gasteiger partial charge in [-0.1, -0.05) is 12.2 Å². The van der Waals surface area contributed by atoms with Gasteiger partial charge in [-0.25, -0.2) is 4.98 Å². The maximum atomic E-state index is 6.12. The van der Waals surface area contributed by atoms with E-state index in [1.165, 1.54) is 12.8 Å². The van der Waals surface area contributed by atoms with Crippen molar-refractivity contribution in [3.05, 3.63) is 30.5 Å². The van der Waals surface area contributed by atoms with Crippen LogP contribution in [0.2, 0.25) is 0 Å². The lowest BCUT2D eigenvalue weighted by Crippen LogP contribution is -2.31. The molecule has 2 N–H and O–H groups in total. The second-order valence-corrected chi connectivity index (χ2v) is 3.96. The van der Waals surface area contributed by atoms with Gasteiger partial charge < -0.3 is 10.2 Å². The SMILES string of the molecule is NC1C2C=CC(C2)C1c1cnco1. The Morgan fingerprint density at radius 2 is 2.23 bits per heavy atom. The third-order valence-electron chi connectivity index (χ3n) is 3.30. The highest BCUT2D eigenvalue weighted by Crippen LogP contribution is 2.47. The Hall–Kier alpha value is -1.09. The highest BCUT2D eigenvalue weighted by atomic mass is 16.3. The molecule has 68 valence electrons. The van der Waals surface area contributed by atoms with Gasteiger partial charge in [0.05, 0.1) is 6.20 Å². The molecule has 0 spiro atoms. The van der Waals surface area contributed by atoms with E-state index >= 15 is 0 Å². The molecule has 0 aliphatic heterocycles. The lowest BCUT2D eigenvalue weighted by Gasteiger charge is -2.21. The molecule has 1 fully saturated rings. The molecule has 4 atom stereocenters. The minimum atomic E-state index is 0.225. The molecular formula is C10H12N2O. The third kappa shape index (κ3) is 0.907. The van der Waals surface area contributed by atoms with Gasteiger partial charge in [-0.15, -0.1) is 0 Å². The van der Waals surface area contributed by atoms with Crippen molar-refractivity contribution in [1.82, 2.24) is 4.98 Å². The van der Waals surface area contributed by atoms with Crippen LogP contribution in [0.15, 0.2) is 29.2 Å². The molecule has 3 nitrogen and oxygen atoms in total. The summed E-state index contributed by atoms with van der Waals surface area (Å²) in [5.41, 5.74) is 6.12. The number of hydrogen-bond donors (Lipinski definition) is 1. The number of rotatable bonds is 1. The summed E-state index contributed by atoms with van der Waals surface area (Å²) in [6, 6.07) is 0.225. The Bertz CT molecular complexity index is 331. The fraction of sp³-hybridized carbons (Fsp3) is 0.500.